The molecule has 31 heavy (non-hydrogen) atoms. The van der Waals surface area contributed by atoms with Crippen molar-refractivity contribution in [2.75, 3.05) is 6.61 Å². The van der Waals surface area contributed by atoms with Crippen LogP contribution >= 0.6 is 27.5 Å². The predicted octanol–water partition coefficient (Wildman–Crippen LogP) is 6.10. The highest BCUT2D eigenvalue weighted by Crippen LogP contribution is 2.37. The minimum absolute atomic E-state index is 0.121. The molecule has 0 radical (unpaired) electrons. The topological polar surface area (TPSA) is 90.5 Å². The van der Waals surface area contributed by atoms with Crippen LogP contribution in [-0.4, -0.2) is 39.5 Å². The third-order valence-electron chi connectivity index (χ3n) is 4.46. The maximum absolute atomic E-state index is 14.0. The molecule has 0 amide bonds. The minimum atomic E-state index is -4.91. The van der Waals surface area contributed by atoms with Crippen molar-refractivity contribution in [3.63, 3.8) is 0 Å². The van der Waals surface area contributed by atoms with Gasteiger partial charge in [-0.25, -0.2) is 4.79 Å². The molecule has 0 spiro atoms. The lowest BCUT2D eigenvalue weighted by Gasteiger charge is -2.11. The highest BCUT2D eigenvalue weighted by molar-refractivity contribution is 9.10. The normalized spacial score (nSPS) is 12.6. The number of aromatic nitrogens is 2. The van der Waals surface area contributed by atoms with E-state index in [9.17, 15) is 18.0 Å². The van der Waals surface area contributed by atoms with Gasteiger partial charge in [0.25, 0.3) is 0 Å². The maximum Gasteiger partial charge on any atom is 0.437 e. The average molecular weight is 515 g/mol. The molecule has 11 heteroatoms. The zero-order valence-corrected chi connectivity index (χ0v) is 17.7. The zero-order valence-electron chi connectivity index (χ0n) is 15.3. The fourth-order valence-corrected chi connectivity index (χ4v) is 3.79. The monoisotopic (exact) mass is 513 g/mol. The number of aromatic amines is 2. The molecular weight excluding hydrogens is 503 g/mol. The summed E-state index contributed by atoms with van der Waals surface area (Å²) in [6, 6.07) is 11.5. The second-order valence-corrected chi connectivity index (χ2v) is 7.94. The van der Waals surface area contributed by atoms with Gasteiger partial charge < -0.3 is 19.9 Å². The first-order valence-electron chi connectivity index (χ1n) is 8.72. The number of H-pyrrole nitrogens is 2. The van der Waals surface area contributed by atoms with Crippen molar-refractivity contribution in [3.05, 3.63) is 57.5 Å². The van der Waals surface area contributed by atoms with Crippen LogP contribution in [0.5, 0.6) is 0 Å². The molecule has 2 heterocycles. The molecule has 0 atom stereocenters. The number of benzene rings is 2. The van der Waals surface area contributed by atoms with Crippen LogP contribution in [-0.2, 0) is 9.63 Å². The fraction of sp³-hybridized carbons (Fsp3) is 0.100. The summed E-state index contributed by atoms with van der Waals surface area (Å²) in [5.41, 5.74) is -0.0266. The predicted molar refractivity (Wildman–Crippen MR) is 114 cm³/mol. The largest absolute Gasteiger partial charge is 0.479 e. The molecule has 160 valence electrons. The van der Waals surface area contributed by atoms with Gasteiger partial charge in [-0.1, -0.05) is 38.8 Å². The smallest absolute Gasteiger partial charge is 0.437 e. The molecule has 6 nitrogen and oxygen atoms in total. The van der Waals surface area contributed by atoms with E-state index in [4.69, 9.17) is 16.7 Å². The number of rotatable bonds is 5. The van der Waals surface area contributed by atoms with Crippen LogP contribution in [0, 0.1) is 0 Å². The highest BCUT2D eigenvalue weighted by Gasteiger charge is 2.41. The average Bonchev–Trinajstić information content (AvgIpc) is 3.24. The van der Waals surface area contributed by atoms with Crippen molar-refractivity contribution >= 4 is 61.0 Å². The van der Waals surface area contributed by atoms with Crippen LogP contribution in [0.15, 0.2) is 52.1 Å². The Kier molecular flexibility index (Phi) is 5.44. The number of carboxylic acid groups (broad SMARTS) is 1. The zero-order chi connectivity index (χ0) is 22.3. The van der Waals surface area contributed by atoms with Crippen molar-refractivity contribution in [3.8, 4) is 11.4 Å². The van der Waals surface area contributed by atoms with Gasteiger partial charge in [0.05, 0.1) is 11.4 Å². The van der Waals surface area contributed by atoms with Crippen molar-refractivity contribution in [2.24, 2.45) is 5.16 Å². The summed E-state index contributed by atoms with van der Waals surface area (Å²) in [6.45, 7) is -1.01. The van der Waals surface area contributed by atoms with Gasteiger partial charge in [0.15, 0.2) is 5.71 Å². The minimum Gasteiger partial charge on any atom is -0.479 e. The number of carbonyl (C=O) groups is 1. The van der Waals surface area contributed by atoms with E-state index >= 15 is 0 Å². The van der Waals surface area contributed by atoms with Crippen molar-refractivity contribution in [2.45, 2.75) is 6.18 Å². The first-order chi connectivity index (χ1) is 14.6. The number of aliphatic carboxylic acids is 1. The molecule has 0 aliphatic rings. The lowest BCUT2D eigenvalue weighted by Crippen LogP contribution is -2.25. The van der Waals surface area contributed by atoms with Crippen LogP contribution in [0.2, 0.25) is 5.02 Å². The van der Waals surface area contributed by atoms with Gasteiger partial charge in [0.2, 0.25) is 6.61 Å². The number of oxime groups is 1. The van der Waals surface area contributed by atoms with E-state index < -0.39 is 24.5 Å². The number of alkyl halides is 3. The van der Waals surface area contributed by atoms with E-state index in [0.29, 0.717) is 31.6 Å². The summed E-state index contributed by atoms with van der Waals surface area (Å²) in [4.78, 5) is 21.2. The Bertz CT molecular complexity index is 1340. The Morgan fingerprint density at radius 1 is 1.13 bits per heavy atom. The quantitative estimate of drug-likeness (QED) is 0.222. The van der Waals surface area contributed by atoms with Gasteiger partial charge in [-0.2, -0.15) is 13.2 Å². The molecule has 0 aliphatic heterocycles. The Morgan fingerprint density at radius 3 is 2.61 bits per heavy atom. The molecule has 4 aromatic rings. The van der Waals surface area contributed by atoms with E-state index in [0.717, 1.165) is 0 Å². The highest BCUT2D eigenvalue weighted by atomic mass is 79.9. The molecule has 0 fully saturated rings. The molecule has 3 N–H and O–H groups in total. The SMILES string of the molecule is O=C(O)CO/N=C(/c1c(-c2cc3cc(Cl)ccc3[nH]2)[nH]c2cc(Br)ccc12)C(F)(F)F. The Balaban J connectivity index is 1.98. The number of nitrogens with zero attached hydrogens (tertiary/aromatic N) is 1. The van der Waals surface area contributed by atoms with E-state index in [1.165, 1.54) is 6.07 Å². The van der Waals surface area contributed by atoms with Gasteiger partial charge in [0.1, 0.15) is 0 Å². The van der Waals surface area contributed by atoms with E-state index in [1.54, 1.807) is 36.4 Å². The standard InChI is InChI=1S/C20H12BrClF3N3O3/c21-10-1-3-12-14(7-10)27-18(15-6-9-5-11(22)2-4-13(9)26-15)17(12)19(20(23,24)25)28-31-8-16(29)30/h1-7,26-27H,8H2,(H,29,30)/b28-19-. The molecule has 0 aliphatic carbocycles. The Hall–Kier alpha value is -2.98. The van der Waals surface area contributed by atoms with Crippen molar-refractivity contribution in [1.29, 1.82) is 0 Å². The number of halogens is 5. The van der Waals surface area contributed by atoms with E-state index in [1.807, 2.05) is 0 Å². The molecule has 0 unspecified atom stereocenters. The number of fused-ring (bicyclic) bond motifs is 2. The first-order valence-corrected chi connectivity index (χ1v) is 9.90. The molecule has 4 rings (SSSR count). The lowest BCUT2D eigenvalue weighted by molar-refractivity contribution is -0.142. The molecule has 2 aromatic carbocycles. The van der Waals surface area contributed by atoms with Gasteiger partial charge >= 0.3 is 12.1 Å². The van der Waals surface area contributed by atoms with Crippen LogP contribution in [0.1, 0.15) is 5.56 Å². The molecule has 0 saturated carbocycles. The van der Waals surface area contributed by atoms with E-state index in [-0.39, 0.29) is 16.6 Å². The van der Waals surface area contributed by atoms with Crippen LogP contribution in [0.3, 0.4) is 0 Å². The molecule has 2 aromatic heterocycles. The molecule has 0 saturated heterocycles. The van der Waals surface area contributed by atoms with Gasteiger partial charge in [-0.15, -0.1) is 0 Å². The second kappa shape index (κ2) is 7.93. The second-order valence-electron chi connectivity index (χ2n) is 6.58. The van der Waals surface area contributed by atoms with Crippen LogP contribution < -0.4 is 0 Å². The van der Waals surface area contributed by atoms with Gasteiger partial charge in [0, 0.05) is 36.9 Å². The summed E-state index contributed by atoms with van der Waals surface area (Å²) in [7, 11) is 0. The number of carboxylic acids is 1. The Morgan fingerprint density at radius 2 is 1.90 bits per heavy atom. The van der Waals surface area contributed by atoms with Gasteiger partial charge in [-0.05, 0) is 36.4 Å². The van der Waals surface area contributed by atoms with Gasteiger partial charge in [-0.3, -0.25) is 0 Å². The van der Waals surface area contributed by atoms with Crippen molar-refractivity contribution in [1.82, 2.24) is 9.97 Å². The number of hydrogen-bond acceptors (Lipinski definition) is 3. The summed E-state index contributed by atoms with van der Waals surface area (Å²) in [6.07, 6.45) is -4.91. The number of nitrogens with one attached hydrogen (secondary N) is 2. The molecule has 0 bridgehead atoms. The van der Waals surface area contributed by atoms with Crippen LogP contribution in [0.25, 0.3) is 33.2 Å². The van der Waals surface area contributed by atoms with E-state index in [2.05, 4.69) is 35.9 Å². The molecular formula is C20H12BrClF3N3O3. The summed E-state index contributed by atoms with van der Waals surface area (Å²) in [5, 5.41) is 13.3. The third-order valence-corrected chi connectivity index (χ3v) is 5.19. The van der Waals surface area contributed by atoms with Crippen LogP contribution in [0.4, 0.5) is 13.2 Å². The fourth-order valence-electron chi connectivity index (χ4n) is 3.25. The first kappa shape index (κ1) is 21.3. The summed E-state index contributed by atoms with van der Waals surface area (Å²) in [5.74, 6) is -1.44. The lowest BCUT2D eigenvalue weighted by atomic mass is 10.0. The Labute approximate surface area is 185 Å². The third kappa shape index (κ3) is 4.26. The summed E-state index contributed by atoms with van der Waals surface area (Å²) >= 11 is 9.33. The summed E-state index contributed by atoms with van der Waals surface area (Å²) < 4.78 is 42.5. The number of hydrogen-bond donors (Lipinski definition) is 3. The van der Waals surface area contributed by atoms with Crippen molar-refractivity contribution < 1.29 is 27.9 Å². The maximum atomic E-state index is 14.0.